The van der Waals surface area contributed by atoms with Crippen LogP contribution in [0.2, 0.25) is 19.6 Å². The van der Waals surface area contributed by atoms with Gasteiger partial charge in [0.25, 0.3) is 0 Å². The summed E-state index contributed by atoms with van der Waals surface area (Å²) in [6.07, 6.45) is 12.8. The first-order valence-corrected chi connectivity index (χ1v) is 11.2. The molecule has 0 bridgehead atoms. The SMILES string of the molecule is CCCCCCCCCC/C(C)=C\[Si](C)(C)C. The third-order valence-electron chi connectivity index (χ3n) is 3.10. The summed E-state index contributed by atoms with van der Waals surface area (Å²) in [4.78, 5) is 0. The molecule has 0 N–H and O–H groups in total. The molecule has 17 heavy (non-hydrogen) atoms. The van der Waals surface area contributed by atoms with Crippen LogP contribution in [0.25, 0.3) is 0 Å². The van der Waals surface area contributed by atoms with Crippen LogP contribution in [-0.2, 0) is 0 Å². The highest BCUT2D eigenvalue weighted by Crippen LogP contribution is 2.15. The molecule has 0 aliphatic rings. The fourth-order valence-electron chi connectivity index (χ4n) is 2.35. The Kier molecular flexibility index (Phi) is 9.91. The van der Waals surface area contributed by atoms with Gasteiger partial charge in [0.05, 0.1) is 8.07 Å². The predicted molar refractivity (Wildman–Crippen MR) is 84.3 cm³/mol. The van der Waals surface area contributed by atoms with Crippen molar-refractivity contribution in [1.29, 1.82) is 0 Å². The van der Waals surface area contributed by atoms with Crippen LogP contribution in [-0.4, -0.2) is 8.07 Å². The lowest BCUT2D eigenvalue weighted by molar-refractivity contribution is 0.575. The van der Waals surface area contributed by atoms with Crippen molar-refractivity contribution in [1.82, 2.24) is 0 Å². The van der Waals surface area contributed by atoms with E-state index in [1.807, 2.05) is 0 Å². The Labute approximate surface area is 111 Å². The molecule has 0 spiro atoms. The third kappa shape index (κ3) is 13.9. The Hall–Kier alpha value is -0.0431. The van der Waals surface area contributed by atoms with Gasteiger partial charge in [0, 0.05) is 0 Å². The van der Waals surface area contributed by atoms with Crippen molar-refractivity contribution in [3.05, 3.63) is 11.3 Å². The number of unbranched alkanes of at least 4 members (excludes halogenated alkanes) is 7. The monoisotopic (exact) mass is 254 g/mol. The molecule has 0 aromatic heterocycles. The third-order valence-corrected chi connectivity index (χ3v) is 4.46. The fraction of sp³-hybridized carbons (Fsp3) is 0.875. The maximum Gasteiger partial charge on any atom is 0.0686 e. The summed E-state index contributed by atoms with van der Waals surface area (Å²) in [6.45, 7) is 11.9. The molecule has 0 aliphatic heterocycles. The van der Waals surface area contributed by atoms with E-state index in [0.29, 0.717) is 0 Å². The van der Waals surface area contributed by atoms with E-state index < -0.39 is 8.07 Å². The molecular weight excluding hydrogens is 220 g/mol. The van der Waals surface area contributed by atoms with E-state index in [4.69, 9.17) is 0 Å². The molecule has 1 heteroatoms. The maximum atomic E-state index is 2.56. The van der Waals surface area contributed by atoms with Crippen LogP contribution in [0.5, 0.6) is 0 Å². The topological polar surface area (TPSA) is 0 Å². The number of rotatable bonds is 10. The zero-order valence-corrected chi connectivity index (χ0v) is 13.9. The van der Waals surface area contributed by atoms with Gasteiger partial charge >= 0.3 is 0 Å². The molecule has 0 rings (SSSR count). The van der Waals surface area contributed by atoms with Gasteiger partial charge in [0.2, 0.25) is 0 Å². The average Bonchev–Trinajstić information content (AvgIpc) is 2.19. The average molecular weight is 255 g/mol. The molecule has 0 amide bonds. The molecule has 0 saturated carbocycles. The maximum absolute atomic E-state index is 2.56. The summed E-state index contributed by atoms with van der Waals surface area (Å²) in [6, 6.07) is 0. The molecule has 0 radical (unpaired) electrons. The molecule has 0 nitrogen and oxygen atoms in total. The van der Waals surface area contributed by atoms with Crippen LogP contribution in [0.3, 0.4) is 0 Å². The van der Waals surface area contributed by atoms with Crippen molar-refractivity contribution >= 4 is 8.07 Å². The largest absolute Gasteiger partial charge is 0.0961 e. The lowest BCUT2D eigenvalue weighted by Gasteiger charge is -2.11. The van der Waals surface area contributed by atoms with Crippen molar-refractivity contribution in [2.75, 3.05) is 0 Å². The number of hydrogen-bond donors (Lipinski definition) is 0. The summed E-state index contributed by atoms with van der Waals surface area (Å²) >= 11 is 0. The van der Waals surface area contributed by atoms with Gasteiger partial charge in [0.15, 0.2) is 0 Å². The fourth-order valence-corrected chi connectivity index (χ4v) is 3.97. The van der Waals surface area contributed by atoms with E-state index in [2.05, 4.69) is 39.2 Å². The molecule has 102 valence electrons. The Morgan fingerprint density at radius 1 is 0.824 bits per heavy atom. The Morgan fingerprint density at radius 2 is 1.29 bits per heavy atom. The van der Waals surface area contributed by atoms with Gasteiger partial charge in [-0.1, -0.05) is 82.8 Å². The minimum absolute atomic E-state index is 0.973. The molecular formula is C16H34Si. The molecule has 0 atom stereocenters. The van der Waals surface area contributed by atoms with Crippen molar-refractivity contribution < 1.29 is 0 Å². The van der Waals surface area contributed by atoms with E-state index in [9.17, 15) is 0 Å². The Bertz CT molecular complexity index is 198. The lowest BCUT2D eigenvalue weighted by atomic mass is 10.1. The van der Waals surface area contributed by atoms with E-state index in [0.717, 1.165) is 0 Å². The van der Waals surface area contributed by atoms with Gasteiger partial charge in [0.1, 0.15) is 0 Å². The second-order valence-electron chi connectivity index (χ2n) is 6.58. The Balaban J connectivity index is 3.37. The van der Waals surface area contributed by atoms with E-state index in [1.54, 1.807) is 5.57 Å². The van der Waals surface area contributed by atoms with Crippen molar-refractivity contribution in [3.8, 4) is 0 Å². The van der Waals surface area contributed by atoms with Gasteiger partial charge in [-0.15, -0.1) is 0 Å². The van der Waals surface area contributed by atoms with Crippen LogP contribution in [0.1, 0.15) is 71.6 Å². The number of hydrogen-bond acceptors (Lipinski definition) is 0. The highest BCUT2D eigenvalue weighted by Gasteiger charge is 2.08. The molecule has 0 aliphatic carbocycles. The van der Waals surface area contributed by atoms with Crippen molar-refractivity contribution in [2.24, 2.45) is 0 Å². The second-order valence-corrected chi connectivity index (χ2v) is 11.6. The number of allylic oxidation sites excluding steroid dienone is 1. The van der Waals surface area contributed by atoms with Crippen LogP contribution in [0.4, 0.5) is 0 Å². The van der Waals surface area contributed by atoms with E-state index in [-0.39, 0.29) is 0 Å². The minimum Gasteiger partial charge on any atom is -0.0961 e. The molecule has 0 unspecified atom stereocenters. The summed E-state index contributed by atoms with van der Waals surface area (Å²) in [5.74, 6) is 0. The smallest absolute Gasteiger partial charge is 0.0686 e. The predicted octanol–water partition coefficient (Wildman–Crippen LogP) is 6.34. The summed E-state index contributed by atoms with van der Waals surface area (Å²) in [7, 11) is -0.973. The molecule has 0 saturated heterocycles. The van der Waals surface area contributed by atoms with Crippen LogP contribution in [0.15, 0.2) is 11.3 Å². The quantitative estimate of drug-likeness (QED) is 0.315. The standard InChI is InChI=1S/C16H34Si/c1-6-7-8-9-10-11-12-13-14-16(2)15-17(3,4)5/h15H,6-14H2,1-5H3/b16-15-. The normalized spacial score (nSPS) is 13.1. The van der Waals surface area contributed by atoms with E-state index in [1.165, 1.54) is 57.8 Å². The van der Waals surface area contributed by atoms with Crippen LogP contribution < -0.4 is 0 Å². The molecule has 0 fully saturated rings. The first kappa shape index (κ1) is 17.0. The van der Waals surface area contributed by atoms with Gasteiger partial charge in [-0.25, -0.2) is 0 Å². The zero-order chi connectivity index (χ0) is 13.1. The molecule has 0 aromatic carbocycles. The van der Waals surface area contributed by atoms with Crippen molar-refractivity contribution in [3.63, 3.8) is 0 Å². The highest BCUT2D eigenvalue weighted by molar-refractivity contribution is 6.81. The summed E-state index contributed by atoms with van der Waals surface area (Å²) in [5.41, 5.74) is 4.20. The minimum atomic E-state index is -0.973. The Morgan fingerprint density at radius 3 is 1.76 bits per heavy atom. The highest BCUT2D eigenvalue weighted by atomic mass is 28.3. The van der Waals surface area contributed by atoms with Gasteiger partial charge in [-0.2, -0.15) is 0 Å². The second kappa shape index (κ2) is 9.93. The van der Waals surface area contributed by atoms with Gasteiger partial charge in [-0.3, -0.25) is 0 Å². The lowest BCUT2D eigenvalue weighted by Crippen LogP contribution is -2.16. The van der Waals surface area contributed by atoms with Gasteiger partial charge < -0.3 is 0 Å². The zero-order valence-electron chi connectivity index (χ0n) is 12.9. The van der Waals surface area contributed by atoms with Gasteiger partial charge in [-0.05, 0) is 19.8 Å². The van der Waals surface area contributed by atoms with Crippen LogP contribution >= 0.6 is 0 Å². The first-order chi connectivity index (χ1) is 7.95. The molecule has 0 aromatic rings. The molecule has 0 heterocycles. The summed E-state index contributed by atoms with van der Waals surface area (Å²) in [5, 5.41) is 0. The van der Waals surface area contributed by atoms with E-state index >= 15 is 0 Å². The van der Waals surface area contributed by atoms with Crippen LogP contribution in [0, 0.1) is 0 Å². The summed E-state index contributed by atoms with van der Waals surface area (Å²) < 4.78 is 0. The first-order valence-electron chi connectivity index (χ1n) is 7.64. The van der Waals surface area contributed by atoms with Crippen molar-refractivity contribution in [2.45, 2.75) is 91.3 Å².